The van der Waals surface area contributed by atoms with Crippen LogP contribution < -0.4 is 5.32 Å². The van der Waals surface area contributed by atoms with Gasteiger partial charge in [0.25, 0.3) is 0 Å². The summed E-state index contributed by atoms with van der Waals surface area (Å²) in [4.78, 5) is 30.2. The Hall–Kier alpha value is -1.93. The van der Waals surface area contributed by atoms with Crippen molar-refractivity contribution in [2.45, 2.75) is 26.8 Å². The number of hydrogen-bond donors (Lipinski definition) is 1. The van der Waals surface area contributed by atoms with Gasteiger partial charge in [0, 0.05) is 58.3 Å². The summed E-state index contributed by atoms with van der Waals surface area (Å²) in [7, 11) is 0. The number of rotatable bonds is 4. The molecule has 25 heavy (non-hydrogen) atoms. The first kappa shape index (κ1) is 17.9. The van der Waals surface area contributed by atoms with Gasteiger partial charge in [-0.1, -0.05) is 12.1 Å². The Bertz CT molecular complexity index is 624. The number of aromatic nitrogens is 1. The van der Waals surface area contributed by atoms with Crippen LogP contribution in [-0.2, 0) is 9.59 Å². The molecule has 1 N–H and O–H groups in total. The molecule has 2 fully saturated rings. The average Bonchev–Trinajstić information content (AvgIpc) is 3.13. The third kappa shape index (κ3) is 4.38. The summed E-state index contributed by atoms with van der Waals surface area (Å²) in [5, 5.41) is 6.56. The van der Waals surface area contributed by atoms with Gasteiger partial charge in [0.2, 0.25) is 11.8 Å². The van der Waals surface area contributed by atoms with Crippen molar-refractivity contribution < 1.29 is 14.1 Å². The third-order valence-electron chi connectivity index (χ3n) is 5.14. The molecular formula is C17H27N5O3. The van der Waals surface area contributed by atoms with Crippen LogP contribution >= 0.6 is 0 Å². The summed E-state index contributed by atoms with van der Waals surface area (Å²) in [5.74, 6) is 1.73. The van der Waals surface area contributed by atoms with E-state index in [2.05, 4.69) is 27.2 Å². The number of likely N-dealkylation sites (tertiary alicyclic amines) is 1. The number of hydrogen-bond acceptors (Lipinski definition) is 6. The Labute approximate surface area is 148 Å². The van der Waals surface area contributed by atoms with Gasteiger partial charge in [0.15, 0.2) is 5.82 Å². The van der Waals surface area contributed by atoms with E-state index in [-0.39, 0.29) is 11.8 Å². The minimum Gasteiger partial charge on any atom is -0.360 e. The van der Waals surface area contributed by atoms with E-state index in [0.29, 0.717) is 30.1 Å². The van der Waals surface area contributed by atoms with Crippen molar-refractivity contribution in [3.05, 3.63) is 11.8 Å². The second-order valence-corrected chi connectivity index (χ2v) is 7.15. The van der Waals surface area contributed by atoms with Crippen LogP contribution in [0.1, 0.15) is 19.6 Å². The lowest BCUT2D eigenvalue weighted by atomic mass is 10.0. The van der Waals surface area contributed by atoms with Crippen LogP contribution in [0.3, 0.4) is 0 Å². The van der Waals surface area contributed by atoms with E-state index in [1.54, 1.807) is 19.9 Å². The Morgan fingerprint density at radius 1 is 1.28 bits per heavy atom. The molecule has 3 heterocycles. The minimum atomic E-state index is -0.0671. The molecule has 0 aliphatic carbocycles. The molecule has 1 aromatic heterocycles. The van der Waals surface area contributed by atoms with Gasteiger partial charge in [-0.25, -0.2) is 0 Å². The molecular weight excluding hydrogens is 322 g/mol. The van der Waals surface area contributed by atoms with Crippen LogP contribution in [0.4, 0.5) is 5.82 Å². The Kier molecular flexibility index (Phi) is 5.39. The van der Waals surface area contributed by atoms with Crippen molar-refractivity contribution in [2.75, 3.05) is 51.1 Å². The van der Waals surface area contributed by atoms with Crippen molar-refractivity contribution in [1.82, 2.24) is 19.9 Å². The molecule has 2 aliphatic heterocycles. The van der Waals surface area contributed by atoms with Crippen molar-refractivity contribution >= 4 is 17.6 Å². The van der Waals surface area contributed by atoms with Gasteiger partial charge in [0.1, 0.15) is 5.76 Å². The summed E-state index contributed by atoms with van der Waals surface area (Å²) in [6, 6.07) is 2.15. The zero-order valence-electron chi connectivity index (χ0n) is 15.2. The Morgan fingerprint density at radius 3 is 2.60 bits per heavy atom. The molecule has 2 saturated heterocycles. The fourth-order valence-electron chi connectivity index (χ4n) is 3.83. The summed E-state index contributed by atoms with van der Waals surface area (Å²) in [5.41, 5.74) is 0. The highest BCUT2D eigenvalue weighted by Gasteiger charge is 2.36. The predicted molar refractivity (Wildman–Crippen MR) is 93.1 cm³/mol. The van der Waals surface area contributed by atoms with Crippen molar-refractivity contribution in [3.8, 4) is 0 Å². The van der Waals surface area contributed by atoms with E-state index < -0.39 is 0 Å². The topological polar surface area (TPSA) is 81.9 Å². The normalized spacial score (nSPS) is 25.3. The van der Waals surface area contributed by atoms with E-state index in [1.807, 2.05) is 4.90 Å². The van der Waals surface area contributed by atoms with Crippen molar-refractivity contribution in [1.29, 1.82) is 0 Å². The standard InChI is InChI=1S/C17H27N5O3/c1-12-9-20(11-17(24)18-16-8-13(2)25-19-16)10-15(12)22-6-4-21(5-7-22)14(3)23/h8,12,15H,4-7,9-11H2,1-3H3,(H,18,19,24)/t12-,15+/m1/s1. The first-order valence-corrected chi connectivity index (χ1v) is 8.87. The van der Waals surface area contributed by atoms with Crippen LogP contribution in [-0.4, -0.2) is 83.5 Å². The Morgan fingerprint density at radius 2 is 2.00 bits per heavy atom. The van der Waals surface area contributed by atoms with Crippen molar-refractivity contribution in [2.24, 2.45) is 5.92 Å². The monoisotopic (exact) mass is 349 g/mol. The number of nitrogens with zero attached hydrogens (tertiary/aromatic N) is 4. The second-order valence-electron chi connectivity index (χ2n) is 7.15. The molecule has 2 aliphatic rings. The minimum absolute atomic E-state index is 0.0671. The van der Waals surface area contributed by atoms with E-state index >= 15 is 0 Å². The van der Waals surface area contributed by atoms with Gasteiger partial charge >= 0.3 is 0 Å². The first-order chi connectivity index (χ1) is 11.9. The molecule has 8 heteroatoms. The molecule has 2 atom stereocenters. The number of carbonyl (C=O) groups excluding carboxylic acids is 2. The molecule has 0 saturated carbocycles. The molecule has 1 aromatic rings. The number of aryl methyl sites for hydroxylation is 1. The van der Waals surface area contributed by atoms with Crippen LogP contribution in [0.5, 0.6) is 0 Å². The summed E-state index contributed by atoms with van der Waals surface area (Å²) < 4.78 is 4.96. The zero-order chi connectivity index (χ0) is 18.0. The SMILES string of the molecule is CC(=O)N1CCN([C@H]2CN(CC(=O)Nc3cc(C)on3)C[C@H]2C)CC1. The highest BCUT2D eigenvalue weighted by Crippen LogP contribution is 2.23. The van der Waals surface area contributed by atoms with E-state index in [1.165, 1.54) is 0 Å². The van der Waals surface area contributed by atoms with Gasteiger partial charge in [-0.15, -0.1) is 0 Å². The molecule has 138 valence electrons. The maximum Gasteiger partial charge on any atom is 0.239 e. The molecule has 0 spiro atoms. The van der Waals surface area contributed by atoms with Crippen LogP contribution in [0.15, 0.2) is 10.6 Å². The number of nitrogens with one attached hydrogen (secondary N) is 1. The Balaban J connectivity index is 1.48. The number of piperazine rings is 1. The second kappa shape index (κ2) is 7.53. The van der Waals surface area contributed by atoms with Gasteiger partial charge in [-0.3, -0.25) is 19.4 Å². The van der Waals surface area contributed by atoms with Crippen LogP contribution in [0, 0.1) is 12.8 Å². The molecule has 3 rings (SSSR count). The molecule has 0 bridgehead atoms. The lowest BCUT2D eigenvalue weighted by molar-refractivity contribution is -0.131. The van der Waals surface area contributed by atoms with E-state index in [0.717, 1.165) is 39.3 Å². The van der Waals surface area contributed by atoms with Crippen LogP contribution in [0.2, 0.25) is 0 Å². The highest BCUT2D eigenvalue weighted by atomic mass is 16.5. The van der Waals surface area contributed by atoms with Gasteiger partial charge in [-0.05, 0) is 12.8 Å². The quantitative estimate of drug-likeness (QED) is 0.848. The maximum atomic E-state index is 12.2. The predicted octanol–water partition coefficient (Wildman–Crippen LogP) is 0.406. The smallest absolute Gasteiger partial charge is 0.239 e. The molecule has 2 amide bonds. The van der Waals surface area contributed by atoms with Gasteiger partial charge in [-0.2, -0.15) is 0 Å². The fraction of sp³-hybridized carbons (Fsp3) is 0.706. The average molecular weight is 349 g/mol. The first-order valence-electron chi connectivity index (χ1n) is 8.87. The van der Waals surface area contributed by atoms with E-state index in [9.17, 15) is 9.59 Å². The molecule has 0 unspecified atom stereocenters. The lowest BCUT2D eigenvalue weighted by Crippen LogP contribution is -2.53. The molecule has 0 aromatic carbocycles. The number of amides is 2. The molecule has 8 nitrogen and oxygen atoms in total. The van der Waals surface area contributed by atoms with Gasteiger partial charge in [0.05, 0.1) is 6.54 Å². The summed E-state index contributed by atoms with van der Waals surface area (Å²) >= 11 is 0. The lowest BCUT2D eigenvalue weighted by Gasteiger charge is -2.39. The number of carbonyl (C=O) groups is 2. The van der Waals surface area contributed by atoms with Crippen LogP contribution in [0.25, 0.3) is 0 Å². The largest absolute Gasteiger partial charge is 0.360 e. The zero-order valence-corrected chi connectivity index (χ0v) is 15.2. The highest BCUT2D eigenvalue weighted by molar-refractivity contribution is 5.91. The fourth-order valence-corrected chi connectivity index (χ4v) is 3.83. The summed E-state index contributed by atoms with van der Waals surface area (Å²) in [6.07, 6.45) is 0. The van der Waals surface area contributed by atoms with Crippen molar-refractivity contribution in [3.63, 3.8) is 0 Å². The maximum absolute atomic E-state index is 12.2. The van der Waals surface area contributed by atoms with Gasteiger partial charge < -0.3 is 14.7 Å². The van der Waals surface area contributed by atoms with E-state index in [4.69, 9.17) is 4.52 Å². The molecule has 0 radical (unpaired) electrons. The number of anilines is 1. The summed E-state index contributed by atoms with van der Waals surface area (Å²) in [6.45, 7) is 11.2. The third-order valence-corrected chi connectivity index (χ3v) is 5.14.